The Hall–Kier alpha value is -1.61. The molecule has 7 heteroatoms. The molecule has 0 aliphatic carbocycles. The first-order valence-corrected chi connectivity index (χ1v) is 7.59. The van der Waals surface area contributed by atoms with Gasteiger partial charge in [-0.3, -0.25) is 4.79 Å². The quantitative estimate of drug-likeness (QED) is 0.480. The molecule has 0 radical (unpaired) electrons. The maximum absolute atomic E-state index is 12.2. The third-order valence-corrected chi connectivity index (χ3v) is 4.05. The van der Waals surface area contributed by atoms with Gasteiger partial charge in [0.05, 0.1) is 11.3 Å². The van der Waals surface area contributed by atoms with Gasteiger partial charge in [-0.05, 0) is 68.9 Å². The number of carbonyl (C=O) groups excluding carboxylic acids is 1. The second-order valence-electron chi connectivity index (χ2n) is 4.09. The molecule has 108 valence electrons. The van der Waals surface area contributed by atoms with E-state index in [1.165, 1.54) is 18.2 Å². The number of rotatable bonds is 3. The molecule has 2 aromatic carbocycles. The number of carboxylic acids is 1. The summed E-state index contributed by atoms with van der Waals surface area (Å²) in [6, 6.07) is 9.39. The van der Waals surface area contributed by atoms with E-state index in [4.69, 9.17) is 5.11 Å². The summed E-state index contributed by atoms with van der Waals surface area (Å²) >= 11 is 5.36. The molecule has 21 heavy (non-hydrogen) atoms. The average Bonchev–Trinajstić information content (AvgIpc) is 2.43. The lowest BCUT2D eigenvalue weighted by Gasteiger charge is -2.10. The molecule has 0 saturated heterocycles. The smallest absolute Gasteiger partial charge is 0.339 e. The van der Waals surface area contributed by atoms with Crippen LogP contribution in [0.15, 0.2) is 40.9 Å². The summed E-state index contributed by atoms with van der Waals surface area (Å²) in [4.78, 5) is 23.2. The van der Waals surface area contributed by atoms with E-state index in [1.54, 1.807) is 12.1 Å². The van der Waals surface area contributed by atoms with Crippen LogP contribution in [0.4, 0.5) is 5.69 Å². The normalized spacial score (nSPS) is 10.2. The van der Waals surface area contributed by atoms with Crippen LogP contribution in [0, 0.1) is 3.57 Å². The molecule has 0 heterocycles. The molecular formula is C14H9BrINO4. The molecule has 2 aromatic rings. The van der Waals surface area contributed by atoms with Gasteiger partial charge >= 0.3 is 5.97 Å². The third kappa shape index (κ3) is 3.53. The van der Waals surface area contributed by atoms with Gasteiger partial charge in [-0.25, -0.2) is 4.79 Å². The van der Waals surface area contributed by atoms with Crippen molar-refractivity contribution in [2.45, 2.75) is 0 Å². The predicted octanol–water partition coefficient (Wildman–Crippen LogP) is 3.71. The summed E-state index contributed by atoms with van der Waals surface area (Å²) in [5, 5.41) is 21.3. The van der Waals surface area contributed by atoms with Gasteiger partial charge in [-0.15, -0.1) is 0 Å². The summed E-state index contributed by atoms with van der Waals surface area (Å²) < 4.78 is 1.48. The summed E-state index contributed by atoms with van der Waals surface area (Å²) in [6.45, 7) is 0. The van der Waals surface area contributed by atoms with Crippen molar-refractivity contribution in [2.24, 2.45) is 0 Å². The van der Waals surface area contributed by atoms with Gasteiger partial charge in [0.2, 0.25) is 0 Å². The first-order chi connectivity index (χ1) is 9.90. The molecule has 0 unspecified atom stereocenters. The Balaban J connectivity index is 2.34. The summed E-state index contributed by atoms with van der Waals surface area (Å²) in [6.07, 6.45) is 0. The van der Waals surface area contributed by atoms with Gasteiger partial charge in [0.25, 0.3) is 5.91 Å². The number of nitrogens with one attached hydrogen (secondary N) is 1. The first-order valence-electron chi connectivity index (χ1n) is 5.72. The van der Waals surface area contributed by atoms with Crippen LogP contribution in [0.25, 0.3) is 0 Å². The molecular weight excluding hydrogens is 453 g/mol. The Morgan fingerprint density at radius 2 is 1.86 bits per heavy atom. The zero-order chi connectivity index (χ0) is 15.6. The van der Waals surface area contributed by atoms with Crippen LogP contribution < -0.4 is 5.32 Å². The second kappa shape index (κ2) is 6.44. The number of aromatic carboxylic acids is 1. The monoisotopic (exact) mass is 461 g/mol. The average molecular weight is 462 g/mol. The van der Waals surface area contributed by atoms with Crippen molar-refractivity contribution in [3.63, 3.8) is 0 Å². The van der Waals surface area contributed by atoms with Crippen LogP contribution in [0.3, 0.4) is 0 Å². The van der Waals surface area contributed by atoms with Gasteiger partial charge in [-0.2, -0.15) is 0 Å². The van der Waals surface area contributed by atoms with Crippen LogP contribution in [-0.4, -0.2) is 22.1 Å². The van der Waals surface area contributed by atoms with Crippen molar-refractivity contribution in [1.82, 2.24) is 0 Å². The molecule has 0 aliphatic rings. The fourth-order valence-corrected chi connectivity index (χ4v) is 2.60. The lowest BCUT2D eigenvalue weighted by Crippen LogP contribution is -2.13. The van der Waals surface area contributed by atoms with Gasteiger partial charge in [0.1, 0.15) is 5.56 Å². The minimum Gasteiger partial charge on any atom is -0.505 e. The van der Waals surface area contributed by atoms with Crippen LogP contribution in [-0.2, 0) is 0 Å². The Morgan fingerprint density at radius 3 is 2.52 bits per heavy atom. The Bertz CT molecular complexity index is 733. The van der Waals surface area contributed by atoms with Gasteiger partial charge in [0, 0.05) is 8.04 Å². The molecule has 0 aliphatic heterocycles. The number of para-hydroxylation sites is 1. The number of carboxylic acid groups (broad SMARTS) is 1. The number of benzene rings is 2. The maximum Gasteiger partial charge on any atom is 0.339 e. The van der Waals surface area contributed by atoms with Crippen molar-refractivity contribution in [2.75, 3.05) is 5.32 Å². The van der Waals surface area contributed by atoms with E-state index in [1.807, 2.05) is 6.07 Å². The highest BCUT2D eigenvalue weighted by atomic mass is 127. The van der Waals surface area contributed by atoms with E-state index < -0.39 is 17.6 Å². The zero-order valence-electron chi connectivity index (χ0n) is 10.4. The molecule has 0 aromatic heterocycles. The Labute approximate surface area is 142 Å². The van der Waals surface area contributed by atoms with Gasteiger partial charge in [0.15, 0.2) is 5.75 Å². The fraction of sp³-hybridized carbons (Fsp3) is 0. The predicted molar refractivity (Wildman–Crippen MR) is 89.9 cm³/mol. The lowest BCUT2D eigenvalue weighted by molar-refractivity contribution is 0.0693. The van der Waals surface area contributed by atoms with Crippen molar-refractivity contribution in [3.8, 4) is 5.75 Å². The summed E-state index contributed by atoms with van der Waals surface area (Å²) in [5.74, 6) is -2.18. The van der Waals surface area contributed by atoms with E-state index in [-0.39, 0.29) is 11.3 Å². The summed E-state index contributed by atoms with van der Waals surface area (Å²) in [7, 11) is 0. The largest absolute Gasteiger partial charge is 0.505 e. The molecule has 0 atom stereocenters. The molecule has 0 bridgehead atoms. The minimum absolute atomic E-state index is 0.0469. The highest BCUT2D eigenvalue weighted by Crippen LogP contribution is 2.29. The minimum atomic E-state index is -1.26. The van der Waals surface area contributed by atoms with Gasteiger partial charge in [-0.1, -0.05) is 6.07 Å². The van der Waals surface area contributed by atoms with E-state index >= 15 is 0 Å². The first kappa shape index (κ1) is 15.8. The number of phenols is 1. The Kier molecular flexibility index (Phi) is 4.84. The Morgan fingerprint density at radius 1 is 1.14 bits per heavy atom. The molecule has 0 spiro atoms. The highest BCUT2D eigenvalue weighted by molar-refractivity contribution is 14.1. The van der Waals surface area contributed by atoms with Crippen LogP contribution in [0.1, 0.15) is 20.7 Å². The van der Waals surface area contributed by atoms with Gasteiger partial charge < -0.3 is 15.5 Å². The number of anilines is 1. The number of amides is 1. The molecule has 3 N–H and O–H groups in total. The molecule has 5 nitrogen and oxygen atoms in total. The van der Waals surface area contributed by atoms with E-state index in [0.29, 0.717) is 10.0 Å². The maximum atomic E-state index is 12.2. The number of hydrogen-bond acceptors (Lipinski definition) is 3. The number of aromatic hydroxyl groups is 1. The zero-order valence-corrected chi connectivity index (χ0v) is 14.2. The molecule has 0 fully saturated rings. The number of hydrogen-bond donors (Lipinski definition) is 3. The van der Waals surface area contributed by atoms with Crippen molar-refractivity contribution in [1.29, 1.82) is 0 Å². The molecule has 0 saturated carbocycles. The topological polar surface area (TPSA) is 86.6 Å². The van der Waals surface area contributed by atoms with E-state index in [9.17, 15) is 14.7 Å². The van der Waals surface area contributed by atoms with Crippen LogP contribution in [0.2, 0.25) is 0 Å². The number of carbonyl (C=O) groups is 2. The fourth-order valence-electron chi connectivity index (χ4n) is 1.68. The molecule has 2 rings (SSSR count). The molecule has 1 amide bonds. The van der Waals surface area contributed by atoms with Crippen molar-refractivity contribution >= 4 is 56.1 Å². The van der Waals surface area contributed by atoms with E-state index in [0.717, 1.165) is 3.57 Å². The van der Waals surface area contributed by atoms with E-state index in [2.05, 4.69) is 43.8 Å². The SMILES string of the molecule is O=C(Nc1cccc(C(=O)O)c1O)c1cc(I)ccc1Br. The van der Waals surface area contributed by atoms with Crippen molar-refractivity contribution in [3.05, 3.63) is 55.6 Å². The van der Waals surface area contributed by atoms with Crippen molar-refractivity contribution < 1.29 is 19.8 Å². The summed E-state index contributed by atoms with van der Waals surface area (Å²) in [5.41, 5.74) is 0.169. The third-order valence-electron chi connectivity index (χ3n) is 2.69. The number of halogens is 2. The standard InChI is InChI=1S/C14H9BrINO4/c15-10-5-4-7(16)6-9(10)13(19)17-11-3-1-2-8(12(11)18)14(20)21/h1-6,18H,(H,17,19)(H,20,21). The highest BCUT2D eigenvalue weighted by Gasteiger charge is 2.16. The van der Waals surface area contributed by atoms with Crippen LogP contribution in [0.5, 0.6) is 5.75 Å². The second-order valence-corrected chi connectivity index (χ2v) is 6.19. The van der Waals surface area contributed by atoms with Crippen LogP contribution >= 0.6 is 38.5 Å². The lowest BCUT2D eigenvalue weighted by atomic mass is 10.1.